The van der Waals surface area contributed by atoms with Gasteiger partial charge in [-0.25, -0.2) is 17.5 Å². The lowest BCUT2D eigenvalue weighted by Gasteiger charge is -2.37. The summed E-state index contributed by atoms with van der Waals surface area (Å²) in [6.45, 7) is 3.26. The topological polar surface area (TPSA) is 77.0 Å². The molecule has 1 fully saturated rings. The molecule has 0 saturated carbocycles. The van der Waals surface area contributed by atoms with Crippen LogP contribution in [0.25, 0.3) is 0 Å². The Balaban J connectivity index is 1.60. The van der Waals surface area contributed by atoms with Crippen LogP contribution in [0.2, 0.25) is 0 Å². The molecule has 0 aliphatic carbocycles. The van der Waals surface area contributed by atoms with Crippen LogP contribution in [0, 0.1) is 5.82 Å². The van der Waals surface area contributed by atoms with Crippen LogP contribution in [0.3, 0.4) is 0 Å². The number of piperazine rings is 1. The minimum Gasteiger partial charge on any atom is -0.366 e. The summed E-state index contributed by atoms with van der Waals surface area (Å²) in [5.41, 5.74) is 1.46. The summed E-state index contributed by atoms with van der Waals surface area (Å²) < 4.78 is 40.3. The lowest BCUT2D eigenvalue weighted by Crippen LogP contribution is -2.52. The van der Waals surface area contributed by atoms with Gasteiger partial charge >= 0.3 is 0 Å². The number of aliphatic imine (C=N–C) groups is 1. The van der Waals surface area contributed by atoms with Gasteiger partial charge in [0.25, 0.3) is 0 Å². The van der Waals surface area contributed by atoms with E-state index in [1.54, 1.807) is 37.4 Å². The Morgan fingerprint density at radius 1 is 1.10 bits per heavy atom. The quantitative estimate of drug-likeness (QED) is 0.569. The molecule has 1 aliphatic heterocycles. The number of sulfonamides is 1. The predicted octanol–water partition coefficient (Wildman–Crippen LogP) is 1.63. The van der Waals surface area contributed by atoms with E-state index in [9.17, 15) is 12.8 Å². The molecule has 0 unspecified atom stereocenters. The molecule has 9 heteroatoms. The molecule has 2 N–H and O–H groups in total. The van der Waals surface area contributed by atoms with Gasteiger partial charge < -0.3 is 15.1 Å². The summed E-state index contributed by atoms with van der Waals surface area (Å²) in [7, 11) is -0.368. The molecule has 156 valence electrons. The Bertz CT molecular complexity index is 972. The van der Waals surface area contributed by atoms with Gasteiger partial charge in [0, 0.05) is 39.8 Å². The molecule has 0 amide bonds. The first-order valence-corrected chi connectivity index (χ1v) is 10.9. The van der Waals surface area contributed by atoms with Crippen molar-refractivity contribution in [1.82, 2.24) is 14.9 Å². The van der Waals surface area contributed by atoms with Gasteiger partial charge in [-0.3, -0.25) is 4.99 Å². The third kappa shape index (κ3) is 5.04. The molecule has 0 atom stereocenters. The molecule has 7 nitrogen and oxygen atoms in total. The largest absolute Gasteiger partial charge is 0.366 e. The summed E-state index contributed by atoms with van der Waals surface area (Å²) in [6.07, 6.45) is 0. The Labute approximate surface area is 171 Å². The SMILES string of the molecule is CN=C(NCc1cccc(S(=O)(=O)NC)c1)N1CCN(c2ccccc2F)CC1. The number of hydrogen-bond donors (Lipinski definition) is 2. The molecular formula is C20H26FN5O2S. The van der Waals surface area contributed by atoms with Crippen LogP contribution in [0.4, 0.5) is 10.1 Å². The zero-order chi connectivity index (χ0) is 20.9. The Morgan fingerprint density at radius 3 is 2.48 bits per heavy atom. The van der Waals surface area contributed by atoms with E-state index in [0.29, 0.717) is 38.4 Å². The van der Waals surface area contributed by atoms with Crippen molar-refractivity contribution in [3.63, 3.8) is 0 Å². The highest BCUT2D eigenvalue weighted by atomic mass is 32.2. The van der Waals surface area contributed by atoms with Gasteiger partial charge in [-0.2, -0.15) is 0 Å². The average Bonchev–Trinajstić information content (AvgIpc) is 2.75. The predicted molar refractivity (Wildman–Crippen MR) is 113 cm³/mol. The van der Waals surface area contributed by atoms with Crippen molar-refractivity contribution in [2.24, 2.45) is 4.99 Å². The normalized spacial score (nSPS) is 15.5. The van der Waals surface area contributed by atoms with Crippen molar-refractivity contribution in [3.05, 3.63) is 59.9 Å². The van der Waals surface area contributed by atoms with Crippen molar-refractivity contribution in [2.75, 3.05) is 45.2 Å². The van der Waals surface area contributed by atoms with E-state index in [4.69, 9.17) is 0 Å². The van der Waals surface area contributed by atoms with Crippen molar-refractivity contribution in [3.8, 4) is 0 Å². The van der Waals surface area contributed by atoms with E-state index in [1.807, 2.05) is 17.0 Å². The smallest absolute Gasteiger partial charge is 0.240 e. The summed E-state index contributed by atoms with van der Waals surface area (Å²) in [6, 6.07) is 13.6. The summed E-state index contributed by atoms with van der Waals surface area (Å²) in [5.74, 6) is 0.528. The van der Waals surface area contributed by atoms with Crippen molar-refractivity contribution < 1.29 is 12.8 Å². The van der Waals surface area contributed by atoms with E-state index in [1.165, 1.54) is 13.1 Å². The van der Waals surface area contributed by atoms with E-state index in [2.05, 4.69) is 19.9 Å². The second-order valence-electron chi connectivity index (χ2n) is 6.68. The van der Waals surface area contributed by atoms with Gasteiger partial charge in [-0.05, 0) is 36.9 Å². The molecule has 2 aromatic carbocycles. The zero-order valence-electron chi connectivity index (χ0n) is 16.6. The second kappa shape index (κ2) is 9.23. The molecule has 0 bridgehead atoms. The molecule has 3 rings (SSSR count). The highest BCUT2D eigenvalue weighted by molar-refractivity contribution is 7.89. The molecule has 0 radical (unpaired) electrons. The van der Waals surface area contributed by atoms with Crippen LogP contribution in [-0.2, 0) is 16.6 Å². The minimum absolute atomic E-state index is 0.208. The molecular weight excluding hydrogens is 393 g/mol. The monoisotopic (exact) mass is 419 g/mol. The molecule has 2 aromatic rings. The van der Waals surface area contributed by atoms with Gasteiger partial charge in [0.1, 0.15) is 5.82 Å². The first kappa shape index (κ1) is 21.1. The number of anilines is 1. The van der Waals surface area contributed by atoms with E-state index < -0.39 is 10.0 Å². The number of benzene rings is 2. The molecule has 0 spiro atoms. The van der Waals surface area contributed by atoms with Gasteiger partial charge in [-0.1, -0.05) is 24.3 Å². The van der Waals surface area contributed by atoms with Gasteiger partial charge in [-0.15, -0.1) is 0 Å². The van der Waals surface area contributed by atoms with Crippen LogP contribution in [0.1, 0.15) is 5.56 Å². The minimum atomic E-state index is -3.48. The Kier molecular flexibility index (Phi) is 6.71. The third-order valence-corrected chi connectivity index (χ3v) is 6.32. The molecule has 1 aliphatic rings. The maximum Gasteiger partial charge on any atom is 0.240 e. The molecule has 1 saturated heterocycles. The summed E-state index contributed by atoms with van der Waals surface area (Å²) in [4.78, 5) is 8.72. The molecule has 29 heavy (non-hydrogen) atoms. The highest BCUT2D eigenvalue weighted by Crippen LogP contribution is 2.20. The van der Waals surface area contributed by atoms with Crippen molar-refractivity contribution >= 4 is 21.7 Å². The molecule has 1 heterocycles. The second-order valence-corrected chi connectivity index (χ2v) is 8.57. The van der Waals surface area contributed by atoms with Crippen molar-refractivity contribution in [2.45, 2.75) is 11.4 Å². The number of rotatable bonds is 5. The van der Waals surface area contributed by atoms with Crippen LogP contribution in [0.5, 0.6) is 0 Å². The van der Waals surface area contributed by atoms with Gasteiger partial charge in [0.05, 0.1) is 10.6 Å². The Hall–Kier alpha value is -2.65. The van der Waals surface area contributed by atoms with Gasteiger partial charge in [0.2, 0.25) is 10.0 Å². The lowest BCUT2D eigenvalue weighted by atomic mass is 10.2. The lowest BCUT2D eigenvalue weighted by molar-refractivity contribution is 0.370. The maximum absolute atomic E-state index is 14.0. The van der Waals surface area contributed by atoms with E-state index in [-0.39, 0.29) is 10.7 Å². The fourth-order valence-electron chi connectivity index (χ4n) is 3.32. The number of hydrogen-bond acceptors (Lipinski definition) is 4. The number of para-hydroxylation sites is 1. The van der Waals surface area contributed by atoms with Crippen LogP contribution < -0.4 is 14.9 Å². The first-order valence-electron chi connectivity index (χ1n) is 9.42. The Morgan fingerprint density at radius 2 is 1.83 bits per heavy atom. The summed E-state index contributed by atoms with van der Waals surface area (Å²) >= 11 is 0. The van der Waals surface area contributed by atoms with Crippen LogP contribution in [-0.4, -0.2) is 59.6 Å². The van der Waals surface area contributed by atoms with Gasteiger partial charge in [0.15, 0.2) is 5.96 Å². The average molecular weight is 420 g/mol. The zero-order valence-corrected chi connectivity index (χ0v) is 17.4. The number of nitrogens with one attached hydrogen (secondary N) is 2. The fraction of sp³-hybridized carbons (Fsp3) is 0.350. The number of nitrogens with zero attached hydrogens (tertiary/aromatic N) is 3. The van der Waals surface area contributed by atoms with Crippen LogP contribution >= 0.6 is 0 Å². The third-order valence-electron chi connectivity index (χ3n) is 4.91. The van der Waals surface area contributed by atoms with Crippen molar-refractivity contribution in [1.29, 1.82) is 0 Å². The first-order chi connectivity index (χ1) is 13.9. The summed E-state index contributed by atoms with van der Waals surface area (Å²) in [5, 5.41) is 3.29. The number of halogens is 1. The van der Waals surface area contributed by atoms with E-state index >= 15 is 0 Å². The number of guanidine groups is 1. The molecule has 0 aromatic heterocycles. The highest BCUT2D eigenvalue weighted by Gasteiger charge is 2.21. The standard InChI is InChI=1S/C20H26FN5O2S/c1-22-20(24-15-16-6-5-7-17(14-16)29(27,28)23-2)26-12-10-25(11-13-26)19-9-4-3-8-18(19)21/h3-9,14,23H,10-13,15H2,1-2H3,(H,22,24). The van der Waals surface area contributed by atoms with E-state index in [0.717, 1.165) is 11.5 Å². The van der Waals surface area contributed by atoms with Crippen LogP contribution in [0.15, 0.2) is 58.4 Å². The maximum atomic E-state index is 14.0. The fourth-order valence-corrected chi connectivity index (χ4v) is 4.12.